The number of phosphoric ester groups is 1. The van der Waals surface area contributed by atoms with Crippen molar-refractivity contribution in [3.63, 3.8) is 0 Å². The van der Waals surface area contributed by atoms with Crippen LogP contribution in [0, 0.1) is 0 Å². The average Bonchev–Trinajstić information content (AvgIpc) is 3.37. The van der Waals surface area contributed by atoms with Crippen molar-refractivity contribution < 1.29 is 32.9 Å². The van der Waals surface area contributed by atoms with Gasteiger partial charge in [-0.2, -0.15) is 0 Å². The highest BCUT2D eigenvalue weighted by Gasteiger charge is 2.28. The lowest BCUT2D eigenvalue weighted by atomic mass is 10.0. The van der Waals surface area contributed by atoms with Gasteiger partial charge in [-0.15, -0.1) is 0 Å². The molecule has 3 unspecified atom stereocenters. The van der Waals surface area contributed by atoms with Gasteiger partial charge in [0.15, 0.2) is 0 Å². The number of aliphatic hydroxyl groups is 1. The molecule has 9 heteroatoms. The van der Waals surface area contributed by atoms with E-state index in [9.17, 15) is 19.4 Å². The highest BCUT2D eigenvalue weighted by atomic mass is 31.2. The van der Waals surface area contributed by atoms with Crippen LogP contribution in [0.2, 0.25) is 0 Å². The van der Waals surface area contributed by atoms with Crippen LogP contribution in [0.5, 0.6) is 0 Å². The first kappa shape index (κ1) is 73.7. The fraction of sp³-hybridized carbons (Fsp3) is 0.894. The zero-order valence-corrected chi connectivity index (χ0v) is 51.7. The highest BCUT2D eigenvalue weighted by molar-refractivity contribution is 7.47. The number of nitrogens with zero attached hydrogens (tertiary/aromatic N) is 1. The minimum Gasteiger partial charge on any atom is -0.387 e. The zero-order valence-electron chi connectivity index (χ0n) is 50.8. The standard InChI is InChI=1S/C66H129N2O6P/c1-6-8-10-12-14-16-18-20-22-24-26-28-30-32-34-36-38-40-42-44-46-48-50-52-54-56-58-60-66(70)67-64(63-74-75(71,72)73-62-61-68(3,4)5)65(69)59-57-55-53-51-49-47-45-43-41-39-37-35-33-31-29-27-25-23-21-19-17-15-13-11-9-7-2/h18,20,24,26,57,59,64-65,69H,6-17,19,21-23,25,27-56,58,60-63H2,1-5H3,(H-,67,70,71,72)/p+1/b20-18-,26-24-,59-57+. The lowest BCUT2D eigenvalue weighted by Crippen LogP contribution is -2.45. The largest absolute Gasteiger partial charge is 0.472 e. The van der Waals surface area contributed by atoms with Crippen LogP contribution in [0.3, 0.4) is 0 Å². The summed E-state index contributed by atoms with van der Waals surface area (Å²) < 4.78 is 23.8. The number of unbranched alkanes of at least 4 members (excludes halogenated alkanes) is 44. The number of hydrogen-bond donors (Lipinski definition) is 3. The Balaban J connectivity index is 4.11. The lowest BCUT2D eigenvalue weighted by Gasteiger charge is -2.25. The Morgan fingerprint density at radius 1 is 0.453 bits per heavy atom. The normalized spacial score (nSPS) is 14.0. The Morgan fingerprint density at radius 2 is 0.760 bits per heavy atom. The first-order chi connectivity index (χ1) is 36.5. The maximum absolute atomic E-state index is 13.0. The molecule has 0 rings (SSSR count). The molecule has 0 saturated carbocycles. The molecule has 75 heavy (non-hydrogen) atoms. The Bertz CT molecular complexity index is 1320. The minimum atomic E-state index is -4.35. The van der Waals surface area contributed by atoms with Gasteiger partial charge in [-0.05, 0) is 51.4 Å². The molecule has 8 nitrogen and oxygen atoms in total. The van der Waals surface area contributed by atoms with Crippen LogP contribution in [0.1, 0.15) is 328 Å². The second-order valence-corrected chi connectivity index (χ2v) is 25.3. The fourth-order valence-electron chi connectivity index (χ4n) is 9.96. The predicted molar refractivity (Wildman–Crippen MR) is 328 cm³/mol. The molecule has 0 spiro atoms. The minimum absolute atomic E-state index is 0.0629. The molecule has 0 aromatic carbocycles. The number of hydrogen-bond acceptors (Lipinski definition) is 5. The van der Waals surface area contributed by atoms with E-state index in [4.69, 9.17) is 9.05 Å². The van der Waals surface area contributed by atoms with Crippen molar-refractivity contribution in [2.24, 2.45) is 0 Å². The molecular formula is C66H130N2O6P+. The Morgan fingerprint density at radius 3 is 1.09 bits per heavy atom. The molecule has 0 aromatic rings. The van der Waals surface area contributed by atoms with Gasteiger partial charge in [0.25, 0.3) is 0 Å². The molecule has 3 N–H and O–H groups in total. The third-order valence-electron chi connectivity index (χ3n) is 15.1. The van der Waals surface area contributed by atoms with Gasteiger partial charge in [0.2, 0.25) is 5.91 Å². The van der Waals surface area contributed by atoms with E-state index in [2.05, 4.69) is 43.5 Å². The van der Waals surface area contributed by atoms with E-state index in [1.54, 1.807) is 6.08 Å². The van der Waals surface area contributed by atoms with E-state index < -0.39 is 20.0 Å². The summed E-state index contributed by atoms with van der Waals surface area (Å²) in [4.78, 5) is 23.4. The number of aliphatic hydroxyl groups excluding tert-OH is 1. The van der Waals surface area contributed by atoms with Crippen molar-refractivity contribution >= 4 is 13.7 Å². The van der Waals surface area contributed by atoms with Gasteiger partial charge >= 0.3 is 7.82 Å². The summed E-state index contributed by atoms with van der Waals surface area (Å²) in [6.45, 7) is 4.86. The second kappa shape index (κ2) is 57.4. The second-order valence-electron chi connectivity index (χ2n) is 23.8. The quantitative estimate of drug-likeness (QED) is 0.0243. The predicted octanol–water partition coefficient (Wildman–Crippen LogP) is 20.5. The summed E-state index contributed by atoms with van der Waals surface area (Å²) in [5.41, 5.74) is 0. The maximum Gasteiger partial charge on any atom is 0.472 e. The SMILES string of the molecule is CCCCCCC/C=C\C/C=C\CCCCCCCCCCCCCCCCCC(=O)NC(COP(=O)(O)OCC[N+](C)(C)C)C(O)/C=C/CCCCCCCCCCCCCCCCCCCCCCCCCC. The van der Waals surface area contributed by atoms with Gasteiger partial charge in [-0.25, -0.2) is 4.57 Å². The van der Waals surface area contributed by atoms with E-state index in [-0.39, 0.29) is 19.1 Å². The van der Waals surface area contributed by atoms with Crippen LogP contribution in [-0.2, 0) is 18.4 Å². The van der Waals surface area contributed by atoms with Crippen LogP contribution >= 0.6 is 7.82 Å². The summed E-state index contributed by atoms with van der Waals surface area (Å²) >= 11 is 0. The number of allylic oxidation sites excluding steroid dienone is 5. The summed E-state index contributed by atoms with van der Waals surface area (Å²) in [5.74, 6) is -0.172. The van der Waals surface area contributed by atoms with E-state index in [1.165, 1.54) is 270 Å². The molecule has 0 aliphatic carbocycles. The molecular weight excluding hydrogens is 948 g/mol. The summed E-state index contributed by atoms with van der Waals surface area (Å²) in [6.07, 6.45) is 75.5. The molecule has 0 aliphatic heterocycles. The number of quaternary nitrogens is 1. The topological polar surface area (TPSA) is 105 Å². The number of amides is 1. The molecule has 0 fully saturated rings. The van der Waals surface area contributed by atoms with E-state index in [1.807, 2.05) is 27.2 Å². The van der Waals surface area contributed by atoms with Gasteiger partial charge in [-0.3, -0.25) is 13.8 Å². The van der Waals surface area contributed by atoms with Gasteiger partial charge in [0.1, 0.15) is 13.2 Å². The molecule has 0 bridgehead atoms. The average molecular weight is 1080 g/mol. The van der Waals surface area contributed by atoms with Gasteiger partial charge < -0.3 is 19.8 Å². The molecule has 444 valence electrons. The fourth-order valence-corrected chi connectivity index (χ4v) is 10.7. The van der Waals surface area contributed by atoms with Crippen molar-refractivity contribution in [3.8, 4) is 0 Å². The summed E-state index contributed by atoms with van der Waals surface area (Å²) in [7, 11) is 1.59. The first-order valence-electron chi connectivity index (χ1n) is 32.9. The Kier molecular flexibility index (Phi) is 56.4. The number of likely N-dealkylation sites (N-methyl/N-ethyl adjacent to an activating group) is 1. The molecule has 1 amide bonds. The third-order valence-corrected chi connectivity index (χ3v) is 16.1. The maximum atomic E-state index is 13.0. The van der Waals surface area contributed by atoms with Crippen LogP contribution in [0.15, 0.2) is 36.5 Å². The Labute approximate surface area is 467 Å². The van der Waals surface area contributed by atoms with Crippen molar-refractivity contribution in [1.82, 2.24) is 5.32 Å². The Hall–Kier alpha value is -1.28. The molecule has 0 saturated heterocycles. The van der Waals surface area contributed by atoms with Crippen LogP contribution in [0.25, 0.3) is 0 Å². The molecule has 0 aromatic heterocycles. The number of carbonyl (C=O) groups excluding carboxylic acids is 1. The molecule has 0 aliphatic rings. The van der Waals surface area contributed by atoms with Crippen LogP contribution in [0.4, 0.5) is 0 Å². The number of nitrogens with one attached hydrogen (secondary N) is 1. The van der Waals surface area contributed by atoms with E-state index in [0.29, 0.717) is 17.4 Å². The monoisotopic (exact) mass is 1080 g/mol. The molecule has 3 atom stereocenters. The van der Waals surface area contributed by atoms with Crippen molar-refractivity contribution in [2.45, 2.75) is 341 Å². The smallest absolute Gasteiger partial charge is 0.387 e. The van der Waals surface area contributed by atoms with Crippen molar-refractivity contribution in [1.29, 1.82) is 0 Å². The van der Waals surface area contributed by atoms with Gasteiger partial charge in [0.05, 0.1) is 39.9 Å². The van der Waals surface area contributed by atoms with Crippen molar-refractivity contribution in [3.05, 3.63) is 36.5 Å². The number of rotatable bonds is 61. The zero-order chi connectivity index (χ0) is 54.9. The van der Waals surface area contributed by atoms with Crippen LogP contribution in [-0.4, -0.2) is 73.4 Å². The van der Waals surface area contributed by atoms with Crippen molar-refractivity contribution in [2.75, 3.05) is 40.9 Å². The third kappa shape index (κ3) is 60.2. The van der Waals surface area contributed by atoms with Gasteiger partial charge in [-0.1, -0.05) is 307 Å². The number of carbonyl (C=O) groups is 1. The highest BCUT2D eigenvalue weighted by Crippen LogP contribution is 2.43. The first-order valence-corrected chi connectivity index (χ1v) is 34.4. The molecule has 0 heterocycles. The van der Waals surface area contributed by atoms with Gasteiger partial charge in [0, 0.05) is 6.42 Å². The van der Waals surface area contributed by atoms with E-state index >= 15 is 0 Å². The summed E-state index contributed by atoms with van der Waals surface area (Å²) in [6, 6.07) is -0.847. The number of phosphoric acid groups is 1. The van der Waals surface area contributed by atoms with E-state index in [0.717, 1.165) is 38.5 Å². The lowest BCUT2D eigenvalue weighted by molar-refractivity contribution is -0.870. The summed E-state index contributed by atoms with van der Waals surface area (Å²) in [5, 5.41) is 14.0. The molecule has 0 radical (unpaired) electrons. The van der Waals surface area contributed by atoms with Crippen LogP contribution < -0.4 is 5.32 Å².